The van der Waals surface area contributed by atoms with E-state index in [1.807, 2.05) is 6.07 Å². The van der Waals surface area contributed by atoms with E-state index in [2.05, 4.69) is 21.2 Å². The van der Waals surface area contributed by atoms with Crippen LogP contribution in [-0.2, 0) is 9.59 Å². The predicted octanol–water partition coefficient (Wildman–Crippen LogP) is 5.35. The first-order chi connectivity index (χ1) is 17.4. The number of ether oxygens (including phenoxy) is 2. The number of hydrogen-bond acceptors (Lipinski definition) is 7. The average Bonchev–Trinajstić information content (AvgIpc) is 3.13. The number of anilines is 1. The van der Waals surface area contributed by atoms with Crippen molar-refractivity contribution in [3.63, 3.8) is 0 Å². The number of halogens is 1. The molecule has 0 radical (unpaired) electrons. The van der Waals surface area contributed by atoms with Gasteiger partial charge in [0.15, 0.2) is 11.5 Å². The molecule has 0 aromatic heterocycles. The van der Waals surface area contributed by atoms with Gasteiger partial charge in [-0.2, -0.15) is 0 Å². The van der Waals surface area contributed by atoms with Gasteiger partial charge >= 0.3 is 5.97 Å². The Kier molecular flexibility index (Phi) is 7.87. The minimum Gasteiger partial charge on any atom is -0.493 e. The van der Waals surface area contributed by atoms with Crippen LogP contribution in [0.4, 0.5) is 10.5 Å². The molecule has 1 saturated heterocycles. The molecule has 4 rings (SSSR count). The summed E-state index contributed by atoms with van der Waals surface area (Å²) in [6.07, 6.45) is 1.51. The molecule has 10 heteroatoms. The predicted molar refractivity (Wildman–Crippen MR) is 140 cm³/mol. The maximum absolute atomic E-state index is 12.8. The highest BCUT2D eigenvalue weighted by Gasteiger charge is 2.36. The Bertz CT molecular complexity index is 1360. The Labute approximate surface area is 219 Å². The van der Waals surface area contributed by atoms with Crippen LogP contribution in [0.2, 0.25) is 0 Å². The second kappa shape index (κ2) is 11.2. The van der Waals surface area contributed by atoms with Gasteiger partial charge in [0.1, 0.15) is 6.54 Å². The van der Waals surface area contributed by atoms with Crippen molar-refractivity contribution in [2.75, 3.05) is 19.0 Å². The van der Waals surface area contributed by atoms with Crippen LogP contribution in [0, 0.1) is 0 Å². The van der Waals surface area contributed by atoms with Gasteiger partial charge in [-0.25, -0.2) is 4.79 Å². The molecule has 1 fully saturated rings. The summed E-state index contributed by atoms with van der Waals surface area (Å²) in [5.41, 5.74) is 1.47. The lowest BCUT2D eigenvalue weighted by atomic mass is 10.1. The largest absolute Gasteiger partial charge is 0.493 e. The third kappa shape index (κ3) is 5.84. The van der Waals surface area contributed by atoms with Crippen LogP contribution in [0.1, 0.15) is 15.9 Å². The van der Waals surface area contributed by atoms with E-state index < -0.39 is 29.6 Å². The van der Waals surface area contributed by atoms with Crippen molar-refractivity contribution in [2.24, 2.45) is 0 Å². The molecule has 36 heavy (non-hydrogen) atoms. The monoisotopic (exact) mass is 566 g/mol. The van der Waals surface area contributed by atoms with Gasteiger partial charge in [0, 0.05) is 5.69 Å². The second-order valence-electron chi connectivity index (χ2n) is 7.47. The number of carbonyl (C=O) groups is 4. The smallest absolute Gasteiger partial charge is 0.343 e. The number of nitrogens with zero attached hydrogens (tertiary/aromatic N) is 1. The standard InChI is InChI=1S/C26H19BrN2O6S/c1-34-20-13-16(12-19(27)23(20)35-25(32)17-8-4-2-5-9-17)14-21-24(31)29(26(33)36-21)15-22(30)28-18-10-6-3-7-11-18/h2-14H,15H2,1H3,(H,28,30)/b21-14-. The van der Waals surface area contributed by atoms with Gasteiger partial charge in [0.05, 0.1) is 22.1 Å². The molecule has 0 unspecified atom stereocenters. The number of methoxy groups -OCH3 is 1. The summed E-state index contributed by atoms with van der Waals surface area (Å²) >= 11 is 4.12. The molecule has 0 aliphatic carbocycles. The third-order valence-electron chi connectivity index (χ3n) is 4.99. The van der Waals surface area contributed by atoms with Crippen molar-refractivity contribution in [1.29, 1.82) is 0 Å². The van der Waals surface area contributed by atoms with Crippen molar-refractivity contribution in [2.45, 2.75) is 0 Å². The van der Waals surface area contributed by atoms with Gasteiger partial charge in [0.25, 0.3) is 11.1 Å². The Hall–Kier alpha value is -3.89. The van der Waals surface area contributed by atoms with E-state index >= 15 is 0 Å². The van der Waals surface area contributed by atoms with E-state index in [-0.39, 0.29) is 16.4 Å². The zero-order chi connectivity index (χ0) is 25.7. The van der Waals surface area contributed by atoms with Crippen LogP contribution in [0.15, 0.2) is 82.2 Å². The fourth-order valence-electron chi connectivity index (χ4n) is 3.30. The van der Waals surface area contributed by atoms with Crippen LogP contribution in [0.25, 0.3) is 6.08 Å². The number of amides is 3. The van der Waals surface area contributed by atoms with E-state index in [0.29, 0.717) is 21.3 Å². The van der Waals surface area contributed by atoms with Gasteiger partial charge in [-0.3, -0.25) is 19.3 Å². The van der Waals surface area contributed by atoms with Gasteiger partial charge in [-0.1, -0.05) is 36.4 Å². The first-order valence-corrected chi connectivity index (χ1v) is 12.2. The number of hydrogen-bond donors (Lipinski definition) is 1. The van der Waals surface area contributed by atoms with Gasteiger partial charge in [-0.15, -0.1) is 0 Å². The molecular formula is C26H19BrN2O6S. The molecule has 0 atom stereocenters. The summed E-state index contributed by atoms with van der Waals surface area (Å²) in [6, 6.07) is 20.5. The van der Waals surface area contributed by atoms with Gasteiger partial charge in [-0.05, 0) is 75.7 Å². The minimum atomic E-state index is -0.581. The number of rotatable bonds is 7. The molecule has 1 aliphatic heterocycles. The molecule has 0 saturated carbocycles. The van der Waals surface area contributed by atoms with Crippen LogP contribution < -0.4 is 14.8 Å². The zero-order valence-corrected chi connectivity index (χ0v) is 21.3. The average molecular weight is 567 g/mol. The molecule has 182 valence electrons. The molecule has 3 aromatic rings. The molecule has 1 heterocycles. The van der Waals surface area contributed by atoms with Crippen LogP contribution in [-0.4, -0.2) is 41.6 Å². The maximum Gasteiger partial charge on any atom is 0.343 e. The number of thioether (sulfide) groups is 1. The van der Waals surface area contributed by atoms with Crippen molar-refractivity contribution >= 4 is 62.5 Å². The van der Waals surface area contributed by atoms with Gasteiger partial charge in [0.2, 0.25) is 5.91 Å². The topological polar surface area (TPSA) is 102 Å². The number of esters is 1. The van der Waals surface area contributed by atoms with E-state index in [9.17, 15) is 19.2 Å². The highest BCUT2D eigenvalue weighted by molar-refractivity contribution is 9.10. The zero-order valence-electron chi connectivity index (χ0n) is 18.9. The summed E-state index contributed by atoms with van der Waals surface area (Å²) in [6.45, 7) is -0.404. The van der Waals surface area contributed by atoms with Crippen molar-refractivity contribution < 1.29 is 28.7 Å². The molecule has 8 nitrogen and oxygen atoms in total. The fraction of sp³-hybridized carbons (Fsp3) is 0.0769. The van der Waals surface area contributed by atoms with E-state index in [0.717, 1.165) is 16.7 Å². The molecular weight excluding hydrogens is 548 g/mol. The summed E-state index contributed by atoms with van der Waals surface area (Å²) in [5, 5.41) is 2.11. The molecule has 3 aromatic carbocycles. The molecule has 0 spiro atoms. The Morgan fingerprint density at radius 2 is 1.69 bits per heavy atom. The number of carbonyl (C=O) groups excluding carboxylic acids is 4. The lowest BCUT2D eigenvalue weighted by Crippen LogP contribution is -2.36. The van der Waals surface area contributed by atoms with Crippen molar-refractivity contribution in [1.82, 2.24) is 4.90 Å². The van der Waals surface area contributed by atoms with Crippen LogP contribution in [0.5, 0.6) is 11.5 Å². The van der Waals surface area contributed by atoms with Crippen molar-refractivity contribution in [3.05, 3.63) is 93.3 Å². The van der Waals surface area contributed by atoms with E-state index in [4.69, 9.17) is 9.47 Å². The lowest BCUT2D eigenvalue weighted by Gasteiger charge is -2.13. The highest BCUT2D eigenvalue weighted by atomic mass is 79.9. The normalized spacial score (nSPS) is 14.2. The van der Waals surface area contributed by atoms with Crippen LogP contribution in [0.3, 0.4) is 0 Å². The SMILES string of the molecule is COc1cc(/C=C2\SC(=O)N(CC(=O)Nc3ccccc3)C2=O)cc(Br)c1OC(=O)c1ccccc1. The number of nitrogens with one attached hydrogen (secondary N) is 1. The van der Waals surface area contributed by atoms with Crippen molar-refractivity contribution in [3.8, 4) is 11.5 Å². The summed E-state index contributed by atoms with van der Waals surface area (Å²) < 4.78 is 11.3. The Morgan fingerprint density at radius 1 is 1.03 bits per heavy atom. The highest BCUT2D eigenvalue weighted by Crippen LogP contribution is 2.39. The molecule has 3 amide bonds. The Balaban J connectivity index is 1.50. The fourth-order valence-corrected chi connectivity index (χ4v) is 4.68. The Morgan fingerprint density at radius 3 is 2.36 bits per heavy atom. The summed E-state index contributed by atoms with van der Waals surface area (Å²) in [4.78, 5) is 51.1. The molecule has 0 bridgehead atoms. The van der Waals surface area contributed by atoms with Crippen LogP contribution >= 0.6 is 27.7 Å². The number of benzene rings is 3. The summed E-state index contributed by atoms with van der Waals surface area (Å²) in [7, 11) is 1.42. The second-order valence-corrected chi connectivity index (χ2v) is 9.32. The third-order valence-corrected chi connectivity index (χ3v) is 6.48. The van der Waals surface area contributed by atoms with Gasteiger partial charge < -0.3 is 14.8 Å². The van der Waals surface area contributed by atoms with E-state index in [1.54, 1.807) is 66.7 Å². The van der Waals surface area contributed by atoms with E-state index in [1.165, 1.54) is 13.2 Å². The maximum atomic E-state index is 12.8. The molecule has 1 aliphatic rings. The number of imide groups is 1. The minimum absolute atomic E-state index is 0.149. The number of para-hydroxylation sites is 1. The summed E-state index contributed by atoms with van der Waals surface area (Å²) in [5.74, 6) is -1.20. The first-order valence-electron chi connectivity index (χ1n) is 10.6. The molecule has 1 N–H and O–H groups in total. The first kappa shape index (κ1) is 25.2. The lowest BCUT2D eigenvalue weighted by molar-refractivity contribution is -0.127. The quantitative estimate of drug-likeness (QED) is 0.233.